The van der Waals surface area contributed by atoms with E-state index in [9.17, 15) is 0 Å². The molecule has 0 aliphatic heterocycles. The molecule has 0 spiro atoms. The molecule has 2 heteroatoms. The van der Waals surface area contributed by atoms with Crippen molar-refractivity contribution in [3.63, 3.8) is 0 Å². The average molecular weight is 308 g/mol. The maximum atomic E-state index is 2.29. The van der Waals surface area contributed by atoms with Crippen molar-refractivity contribution in [3.05, 3.63) is 0 Å². The van der Waals surface area contributed by atoms with Gasteiger partial charge in [-0.25, -0.2) is 0 Å². The van der Waals surface area contributed by atoms with Gasteiger partial charge in [0.15, 0.2) is 0 Å². The summed E-state index contributed by atoms with van der Waals surface area (Å²) in [5, 5.41) is 0. The van der Waals surface area contributed by atoms with Crippen LogP contribution in [0.2, 0.25) is 0 Å². The van der Waals surface area contributed by atoms with E-state index < -0.39 is 0 Å². The molecule has 0 aliphatic rings. The van der Waals surface area contributed by atoms with Crippen LogP contribution in [0.1, 0.15) is 20.8 Å². The van der Waals surface area contributed by atoms with Crippen molar-refractivity contribution in [2.75, 3.05) is 18.5 Å². The van der Waals surface area contributed by atoms with Crippen LogP contribution < -0.4 is 0 Å². The van der Waals surface area contributed by atoms with Crippen LogP contribution in [0.15, 0.2) is 0 Å². The smallest absolute Gasteiger partial charge is 0 e. The second kappa shape index (κ2) is 8.07. The quantitative estimate of drug-likeness (QED) is 0.703. The van der Waals surface area contributed by atoms with Crippen LogP contribution in [0.4, 0.5) is 0 Å². The summed E-state index contributed by atoms with van der Waals surface area (Å²) in [7, 11) is 0.446. The van der Waals surface area contributed by atoms with Crippen LogP contribution >= 0.6 is 7.92 Å². The fourth-order valence-corrected chi connectivity index (χ4v) is 2.01. The molecule has 0 unspecified atom stereocenters. The molecule has 0 radical (unpaired) electrons. The molecule has 0 atom stereocenters. The van der Waals surface area contributed by atoms with Crippen LogP contribution in [0.3, 0.4) is 0 Å². The van der Waals surface area contributed by atoms with E-state index in [0.717, 1.165) is 0 Å². The second-order valence-corrected chi connectivity index (χ2v) is 4.86. The van der Waals surface area contributed by atoms with Gasteiger partial charge in [0.1, 0.15) is 0 Å². The predicted octanol–water partition coefficient (Wildman–Crippen LogP) is 2.53. The maximum absolute atomic E-state index is 2.29. The summed E-state index contributed by atoms with van der Waals surface area (Å²) < 4.78 is 0. The molecular formula is C6H15OsP. The van der Waals surface area contributed by atoms with Gasteiger partial charge in [-0.05, 0) is 18.5 Å². The molecule has 0 amide bonds. The maximum Gasteiger partial charge on any atom is 0 e. The molecule has 0 aromatic carbocycles. The monoisotopic (exact) mass is 310 g/mol. The summed E-state index contributed by atoms with van der Waals surface area (Å²) in [6.45, 7) is 6.87. The molecule has 8 heavy (non-hydrogen) atoms. The van der Waals surface area contributed by atoms with Gasteiger partial charge in [0.2, 0.25) is 0 Å². The Labute approximate surface area is 67.2 Å². The third-order valence-electron chi connectivity index (χ3n) is 1.34. The standard InChI is InChI=1S/C6H15P.Os/c1-4-7(5-2)6-3;/h4-6H2,1-3H3;. The minimum Gasteiger partial charge on any atom is -0.108 e. The largest absolute Gasteiger partial charge is 0.108 e. The van der Waals surface area contributed by atoms with Crippen LogP contribution in [0.5, 0.6) is 0 Å². The zero-order valence-corrected chi connectivity index (χ0v) is 9.36. The van der Waals surface area contributed by atoms with Crippen molar-refractivity contribution >= 4 is 7.92 Å². The Morgan fingerprint density at radius 1 is 0.875 bits per heavy atom. The van der Waals surface area contributed by atoms with Crippen LogP contribution in [-0.2, 0) is 19.8 Å². The topological polar surface area (TPSA) is 0 Å². The fraction of sp³-hybridized carbons (Fsp3) is 1.00. The minimum atomic E-state index is 0. The Morgan fingerprint density at radius 2 is 1.12 bits per heavy atom. The average Bonchev–Trinajstić information content (AvgIpc) is 1.72. The molecule has 0 saturated heterocycles. The number of hydrogen-bond acceptors (Lipinski definition) is 0. The van der Waals surface area contributed by atoms with Crippen molar-refractivity contribution in [2.45, 2.75) is 20.8 Å². The van der Waals surface area contributed by atoms with Gasteiger partial charge < -0.3 is 0 Å². The third kappa shape index (κ3) is 5.21. The normalized spacial score (nSPS) is 9.00. The fourth-order valence-electron chi connectivity index (χ4n) is 0.671. The Hall–Kier alpha value is 1.07. The van der Waals surface area contributed by atoms with Crippen molar-refractivity contribution < 1.29 is 19.8 Å². The molecule has 0 saturated carbocycles. The van der Waals surface area contributed by atoms with E-state index in [1.807, 2.05) is 0 Å². The summed E-state index contributed by atoms with van der Waals surface area (Å²) in [5.41, 5.74) is 0. The molecule has 0 aromatic heterocycles. The van der Waals surface area contributed by atoms with Crippen molar-refractivity contribution in [3.8, 4) is 0 Å². The van der Waals surface area contributed by atoms with Crippen molar-refractivity contribution in [1.82, 2.24) is 0 Å². The summed E-state index contributed by atoms with van der Waals surface area (Å²) >= 11 is 0. The summed E-state index contributed by atoms with van der Waals surface area (Å²) in [6, 6.07) is 0. The van der Waals surface area contributed by atoms with E-state index in [2.05, 4.69) is 20.8 Å². The van der Waals surface area contributed by atoms with Crippen LogP contribution in [0.25, 0.3) is 0 Å². The van der Waals surface area contributed by atoms with Crippen molar-refractivity contribution in [2.24, 2.45) is 0 Å². The summed E-state index contributed by atoms with van der Waals surface area (Å²) in [6.07, 6.45) is 4.26. The molecule has 0 fully saturated rings. The third-order valence-corrected chi connectivity index (χ3v) is 4.02. The van der Waals surface area contributed by atoms with Gasteiger partial charge in [0.25, 0.3) is 0 Å². The van der Waals surface area contributed by atoms with Gasteiger partial charge >= 0.3 is 0 Å². The summed E-state index contributed by atoms with van der Waals surface area (Å²) in [4.78, 5) is 0. The molecular weight excluding hydrogens is 293 g/mol. The van der Waals surface area contributed by atoms with E-state index in [1.165, 1.54) is 18.5 Å². The van der Waals surface area contributed by atoms with Gasteiger partial charge in [-0.15, -0.1) is 7.92 Å². The SMILES string of the molecule is CCP(CC)CC.[Os]. The zero-order chi connectivity index (χ0) is 5.70. The van der Waals surface area contributed by atoms with Gasteiger partial charge in [0, 0.05) is 19.8 Å². The molecule has 0 heterocycles. The molecule has 0 nitrogen and oxygen atoms in total. The van der Waals surface area contributed by atoms with Gasteiger partial charge in [-0.3, -0.25) is 0 Å². The molecule has 52 valence electrons. The van der Waals surface area contributed by atoms with E-state index in [-0.39, 0.29) is 19.8 Å². The van der Waals surface area contributed by atoms with Crippen LogP contribution in [0, 0.1) is 0 Å². The first-order chi connectivity index (χ1) is 3.35. The first kappa shape index (κ1) is 11.8. The second-order valence-electron chi connectivity index (χ2n) is 1.62. The predicted molar refractivity (Wildman–Crippen MR) is 38.5 cm³/mol. The number of hydrogen-bond donors (Lipinski definition) is 0. The molecule has 0 bridgehead atoms. The first-order valence-electron chi connectivity index (χ1n) is 3.07. The van der Waals surface area contributed by atoms with E-state index in [4.69, 9.17) is 0 Å². The Balaban J connectivity index is 0. The van der Waals surface area contributed by atoms with E-state index in [1.54, 1.807) is 0 Å². The number of rotatable bonds is 3. The Kier molecular flexibility index (Phi) is 11.9. The van der Waals surface area contributed by atoms with E-state index >= 15 is 0 Å². The zero-order valence-electron chi connectivity index (χ0n) is 5.92. The van der Waals surface area contributed by atoms with Crippen LogP contribution in [-0.4, -0.2) is 18.5 Å². The van der Waals surface area contributed by atoms with Gasteiger partial charge in [-0.1, -0.05) is 20.8 Å². The van der Waals surface area contributed by atoms with E-state index in [0.29, 0.717) is 7.92 Å². The van der Waals surface area contributed by atoms with Gasteiger partial charge in [-0.2, -0.15) is 0 Å². The first-order valence-corrected chi connectivity index (χ1v) is 4.97. The van der Waals surface area contributed by atoms with Crippen molar-refractivity contribution in [1.29, 1.82) is 0 Å². The molecule has 0 N–H and O–H groups in total. The molecule has 0 aliphatic carbocycles. The Bertz CT molecular complexity index is 30.0. The van der Waals surface area contributed by atoms with Gasteiger partial charge in [0.05, 0.1) is 0 Å². The Morgan fingerprint density at radius 3 is 1.12 bits per heavy atom. The summed E-state index contributed by atoms with van der Waals surface area (Å²) in [5.74, 6) is 0. The molecule has 0 rings (SSSR count). The molecule has 0 aromatic rings. The minimum absolute atomic E-state index is 0.